The molecule has 2 fully saturated rings. The third kappa shape index (κ3) is 2.40. The van der Waals surface area contributed by atoms with Crippen molar-refractivity contribution in [2.24, 2.45) is 17.8 Å². The van der Waals surface area contributed by atoms with Crippen LogP contribution < -0.4 is 0 Å². The van der Waals surface area contributed by atoms with Crippen LogP contribution in [0.2, 0.25) is 0 Å². The Bertz CT molecular complexity index is 182. The fourth-order valence-corrected chi connectivity index (χ4v) is 3.59. The molecule has 80 valence electrons. The molecule has 0 heterocycles. The molecule has 2 rings (SSSR count). The molecule has 0 aliphatic heterocycles. The van der Waals surface area contributed by atoms with E-state index < -0.39 is 0 Å². The lowest BCUT2D eigenvalue weighted by atomic mass is 9.67. The van der Waals surface area contributed by atoms with Crippen LogP contribution >= 0.6 is 0 Å². The van der Waals surface area contributed by atoms with Crippen molar-refractivity contribution in [3.05, 3.63) is 12.7 Å². The quantitative estimate of drug-likeness (QED) is 0.575. The van der Waals surface area contributed by atoms with Crippen LogP contribution in [-0.2, 0) is 0 Å². The van der Waals surface area contributed by atoms with Gasteiger partial charge in [-0.15, -0.1) is 6.58 Å². The Balaban J connectivity index is 1.80. The molecule has 2 aliphatic carbocycles. The van der Waals surface area contributed by atoms with Gasteiger partial charge in [0.2, 0.25) is 0 Å². The van der Waals surface area contributed by atoms with Crippen molar-refractivity contribution in [1.82, 2.24) is 0 Å². The first-order valence-corrected chi connectivity index (χ1v) is 6.51. The van der Waals surface area contributed by atoms with Crippen LogP contribution in [0.25, 0.3) is 0 Å². The van der Waals surface area contributed by atoms with Crippen LogP contribution in [0.15, 0.2) is 12.7 Å². The number of rotatable bonds is 3. The van der Waals surface area contributed by atoms with Crippen LogP contribution in [0.3, 0.4) is 0 Å². The maximum absolute atomic E-state index is 3.83. The number of hydrogen-bond acceptors (Lipinski definition) is 0. The summed E-state index contributed by atoms with van der Waals surface area (Å²) < 4.78 is 0. The minimum Gasteiger partial charge on any atom is -0.103 e. The fraction of sp³-hybridized carbons (Fsp3) is 0.857. The van der Waals surface area contributed by atoms with Crippen LogP contribution in [0, 0.1) is 17.8 Å². The van der Waals surface area contributed by atoms with Crippen LogP contribution in [0.1, 0.15) is 57.8 Å². The smallest absolute Gasteiger partial charge is 0.0351 e. The molecule has 2 saturated carbocycles. The summed E-state index contributed by atoms with van der Waals surface area (Å²) in [6.45, 7) is 3.83. The van der Waals surface area contributed by atoms with E-state index in [1.54, 1.807) is 12.8 Å². The molecule has 3 atom stereocenters. The summed E-state index contributed by atoms with van der Waals surface area (Å²) in [5, 5.41) is 0. The van der Waals surface area contributed by atoms with Crippen LogP contribution in [-0.4, -0.2) is 0 Å². The minimum atomic E-state index is 1.03. The van der Waals surface area contributed by atoms with Crippen molar-refractivity contribution in [3.8, 4) is 0 Å². The summed E-state index contributed by atoms with van der Waals surface area (Å²) in [6, 6.07) is 0. The molecule has 0 aromatic rings. The van der Waals surface area contributed by atoms with E-state index in [0.29, 0.717) is 0 Å². The van der Waals surface area contributed by atoms with Crippen molar-refractivity contribution >= 4 is 0 Å². The van der Waals surface area contributed by atoms with Gasteiger partial charge in [-0.05, 0) is 43.4 Å². The zero-order valence-corrected chi connectivity index (χ0v) is 9.38. The monoisotopic (exact) mass is 192 g/mol. The van der Waals surface area contributed by atoms with E-state index >= 15 is 0 Å². The Morgan fingerprint density at radius 2 is 1.79 bits per heavy atom. The predicted octanol–water partition coefficient (Wildman–Crippen LogP) is 4.56. The minimum absolute atomic E-state index is 1.03. The topological polar surface area (TPSA) is 0 Å². The highest BCUT2D eigenvalue weighted by atomic mass is 14.4. The Hall–Kier alpha value is -0.260. The van der Waals surface area contributed by atoms with Crippen molar-refractivity contribution in [2.75, 3.05) is 0 Å². The lowest BCUT2D eigenvalue weighted by Gasteiger charge is -2.39. The maximum Gasteiger partial charge on any atom is -0.0351 e. The van der Waals surface area contributed by atoms with E-state index in [-0.39, 0.29) is 0 Å². The Labute approximate surface area is 88.8 Å². The molecule has 0 aromatic carbocycles. The van der Waals surface area contributed by atoms with E-state index in [1.807, 2.05) is 0 Å². The molecule has 0 nitrogen and oxygen atoms in total. The summed E-state index contributed by atoms with van der Waals surface area (Å²) in [5.74, 6) is 3.25. The molecule has 0 saturated heterocycles. The fourth-order valence-electron chi connectivity index (χ4n) is 3.59. The van der Waals surface area contributed by atoms with Gasteiger partial charge in [0.1, 0.15) is 0 Å². The number of allylic oxidation sites excluding steroid dienone is 1. The van der Waals surface area contributed by atoms with Gasteiger partial charge in [-0.1, -0.05) is 38.2 Å². The van der Waals surface area contributed by atoms with Gasteiger partial charge >= 0.3 is 0 Å². The molecule has 0 aromatic heterocycles. The van der Waals surface area contributed by atoms with Gasteiger partial charge in [-0.25, -0.2) is 0 Å². The van der Waals surface area contributed by atoms with Crippen LogP contribution in [0.5, 0.6) is 0 Å². The third-order valence-corrected chi connectivity index (χ3v) is 4.43. The summed E-state index contributed by atoms with van der Waals surface area (Å²) in [6.07, 6.45) is 15.4. The lowest BCUT2D eigenvalue weighted by molar-refractivity contribution is 0.126. The molecule has 0 heteroatoms. The second-order valence-corrected chi connectivity index (χ2v) is 5.35. The second kappa shape index (κ2) is 5.00. The molecule has 0 radical (unpaired) electrons. The van der Waals surface area contributed by atoms with Gasteiger partial charge in [0.05, 0.1) is 0 Å². The lowest BCUT2D eigenvalue weighted by Crippen LogP contribution is -2.27. The van der Waals surface area contributed by atoms with Crippen molar-refractivity contribution in [1.29, 1.82) is 0 Å². The molecule has 0 N–H and O–H groups in total. The van der Waals surface area contributed by atoms with Crippen molar-refractivity contribution < 1.29 is 0 Å². The first-order chi connectivity index (χ1) is 6.90. The average molecular weight is 192 g/mol. The van der Waals surface area contributed by atoms with Crippen molar-refractivity contribution in [2.45, 2.75) is 57.8 Å². The van der Waals surface area contributed by atoms with E-state index in [2.05, 4.69) is 12.7 Å². The SMILES string of the molecule is C=CCCC1CCC2CCCCC2C1. The average Bonchev–Trinajstić information content (AvgIpc) is 2.26. The molecule has 3 unspecified atom stereocenters. The molecule has 0 amide bonds. The van der Waals surface area contributed by atoms with E-state index in [1.165, 1.54) is 44.9 Å². The highest BCUT2D eigenvalue weighted by Crippen LogP contribution is 2.43. The zero-order chi connectivity index (χ0) is 9.80. The summed E-state index contributed by atoms with van der Waals surface area (Å²) in [4.78, 5) is 0. The van der Waals surface area contributed by atoms with Gasteiger partial charge in [0.15, 0.2) is 0 Å². The largest absolute Gasteiger partial charge is 0.103 e. The van der Waals surface area contributed by atoms with Crippen molar-refractivity contribution in [3.63, 3.8) is 0 Å². The molecule has 2 aliphatic rings. The summed E-state index contributed by atoms with van der Waals surface area (Å²) >= 11 is 0. The normalized spacial score (nSPS) is 37.6. The Morgan fingerprint density at radius 1 is 1.00 bits per heavy atom. The predicted molar refractivity (Wildman–Crippen MR) is 62.2 cm³/mol. The van der Waals surface area contributed by atoms with E-state index in [0.717, 1.165) is 17.8 Å². The maximum atomic E-state index is 3.83. The highest BCUT2D eigenvalue weighted by Gasteiger charge is 2.31. The standard InChI is InChI=1S/C14H24/c1-2-3-6-12-9-10-13-7-4-5-8-14(13)11-12/h2,12-14H,1,3-11H2. The van der Waals surface area contributed by atoms with Gasteiger partial charge in [0, 0.05) is 0 Å². The van der Waals surface area contributed by atoms with E-state index in [4.69, 9.17) is 0 Å². The first-order valence-electron chi connectivity index (χ1n) is 6.51. The first kappa shape index (κ1) is 10.3. The van der Waals surface area contributed by atoms with Gasteiger partial charge < -0.3 is 0 Å². The van der Waals surface area contributed by atoms with Gasteiger partial charge in [-0.3, -0.25) is 0 Å². The Morgan fingerprint density at radius 3 is 2.57 bits per heavy atom. The molecule has 14 heavy (non-hydrogen) atoms. The summed E-state index contributed by atoms with van der Waals surface area (Å²) in [5.41, 5.74) is 0. The second-order valence-electron chi connectivity index (χ2n) is 5.35. The zero-order valence-electron chi connectivity index (χ0n) is 9.38. The van der Waals surface area contributed by atoms with Crippen LogP contribution in [0.4, 0.5) is 0 Å². The van der Waals surface area contributed by atoms with E-state index in [9.17, 15) is 0 Å². The third-order valence-electron chi connectivity index (χ3n) is 4.43. The van der Waals surface area contributed by atoms with Gasteiger partial charge in [-0.2, -0.15) is 0 Å². The highest BCUT2D eigenvalue weighted by molar-refractivity contribution is 4.84. The summed E-state index contributed by atoms with van der Waals surface area (Å²) in [7, 11) is 0. The van der Waals surface area contributed by atoms with Gasteiger partial charge in [0.25, 0.3) is 0 Å². The molecular weight excluding hydrogens is 168 g/mol. The Kier molecular flexibility index (Phi) is 3.67. The molecular formula is C14H24. The molecule has 0 spiro atoms. The molecule has 0 bridgehead atoms. The number of fused-ring (bicyclic) bond motifs is 1. The number of hydrogen-bond donors (Lipinski definition) is 0.